The molecule has 0 N–H and O–H groups in total. The predicted molar refractivity (Wildman–Crippen MR) is 88.5 cm³/mol. The largest absolute Gasteiger partial charge is 0.139 e. The molecule has 0 spiro atoms. The molecule has 0 radical (unpaired) electrons. The number of aryl methyl sites for hydroxylation is 2. The molecule has 2 aromatic carbocycles. The molecule has 0 saturated heterocycles. The van der Waals surface area contributed by atoms with E-state index < -0.39 is 0 Å². The van der Waals surface area contributed by atoms with Gasteiger partial charge in [-0.15, -0.1) is 11.3 Å². The van der Waals surface area contributed by atoms with Crippen molar-refractivity contribution in [2.45, 2.75) is 18.7 Å². The van der Waals surface area contributed by atoms with Crippen molar-refractivity contribution in [3.63, 3.8) is 0 Å². The highest BCUT2D eigenvalue weighted by Crippen LogP contribution is 2.39. The second kappa shape index (κ2) is 5.10. The SMILES string of the molecule is Cc1ccc(C)c(C(Br)c2cc3ccccc3s2)c1. The van der Waals surface area contributed by atoms with E-state index in [1.165, 1.54) is 31.7 Å². The van der Waals surface area contributed by atoms with Gasteiger partial charge in [0.1, 0.15) is 0 Å². The number of halogens is 1. The summed E-state index contributed by atoms with van der Waals surface area (Å²) in [7, 11) is 0. The number of alkyl halides is 1. The second-order valence-electron chi connectivity index (χ2n) is 4.91. The third-order valence-corrected chi connectivity index (χ3v) is 5.87. The highest BCUT2D eigenvalue weighted by Gasteiger charge is 2.15. The quantitative estimate of drug-likeness (QED) is 0.505. The Morgan fingerprint density at radius 3 is 2.58 bits per heavy atom. The summed E-state index contributed by atoms with van der Waals surface area (Å²) in [5.74, 6) is 0. The molecule has 0 aliphatic rings. The van der Waals surface area contributed by atoms with Crippen LogP contribution in [-0.4, -0.2) is 0 Å². The van der Waals surface area contributed by atoms with E-state index in [2.05, 4.69) is 78.3 Å². The molecule has 19 heavy (non-hydrogen) atoms. The number of hydrogen-bond acceptors (Lipinski definition) is 1. The van der Waals surface area contributed by atoms with E-state index in [-0.39, 0.29) is 4.83 Å². The summed E-state index contributed by atoms with van der Waals surface area (Å²) in [5.41, 5.74) is 4.02. The maximum absolute atomic E-state index is 3.87. The van der Waals surface area contributed by atoms with Crippen LogP contribution in [0.25, 0.3) is 10.1 Å². The van der Waals surface area contributed by atoms with Crippen molar-refractivity contribution in [1.82, 2.24) is 0 Å². The van der Waals surface area contributed by atoms with Crippen LogP contribution in [0.2, 0.25) is 0 Å². The lowest BCUT2D eigenvalue weighted by atomic mass is 10.0. The number of benzene rings is 2. The highest BCUT2D eigenvalue weighted by molar-refractivity contribution is 9.09. The van der Waals surface area contributed by atoms with E-state index in [0.717, 1.165) is 0 Å². The Balaban J connectivity index is 2.07. The first-order valence-electron chi connectivity index (χ1n) is 6.35. The van der Waals surface area contributed by atoms with Gasteiger partial charge in [-0.3, -0.25) is 0 Å². The Labute approximate surface area is 126 Å². The Bertz CT molecular complexity index is 694. The fourth-order valence-electron chi connectivity index (χ4n) is 2.31. The topological polar surface area (TPSA) is 0 Å². The fraction of sp³-hybridized carbons (Fsp3) is 0.176. The van der Waals surface area contributed by atoms with Crippen LogP contribution in [0.1, 0.15) is 26.4 Å². The van der Waals surface area contributed by atoms with Crippen LogP contribution in [0.15, 0.2) is 48.5 Å². The van der Waals surface area contributed by atoms with Gasteiger partial charge in [0.2, 0.25) is 0 Å². The minimum absolute atomic E-state index is 0.282. The number of fused-ring (bicyclic) bond motifs is 1. The monoisotopic (exact) mass is 330 g/mol. The maximum Gasteiger partial charge on any atom is 0.0741 e. The van der Waals surface area contributed by atoms with Crippen LogP contribution in [0.5, 0.6) is 0 Å². The van der Waals surface area contributed by atoms with Crippen molar-refractivity contribution >= 4 is 37.4 Å². The van der Waals surface area contributed by atoms with Crippen LogP contribution in [0, 0.1) is 13.8 Å². The molecule has 3 rings (SSSR count). The average Bonchev–Trinajstić information content (AvgIpc) is 2.84. The number of hydrogen-bond donors (Lipinski definition) is 0. The first-order valence-corrected chi connectivity index (χ1v) is 8.08. The molecule has 0 aliphatic heterocycles. The molecule has 0 nitrogen and oxygen atoms in total. The summed E-state index contributed by atoms with van der Waals surface area (Å²) in [6.45, 7) is 4.32. The van der Waals surface area contributed by atoms with Gasteiger partial charge < -0.3 is 0 Å². The van der Waals surface area contributed by atoms with Gasteiger partial charge in [0.15, 0.2) is 0 Å². The minimum atomic E-state index is 0.282. The standard InChI is InChI=1S/C17H15BrS/c1-11-7-8-12(2)14(9-11)17(18)16-10-13-5-3-4-6-15(13)19-16/h3-10,17H,1-2H3. The van der Waals surface area contributed by atoms with Gasteiger partial charge in [-0.2, -0.15) is 0 Å². The van der Waals surface area contributed by atoms with Crippen LogP contribution in [0.3, 0.4) is 0 Å². The molecular formula is C17H15BrS. The van der Waals surface area contributed by atoms with E-state index in [0.29, 0.717) is 0 Å². The van der Waals surface area contributed by atoms with Crippen LogP contribution in [0.4, 0.5) is 0 Å². The van der Waals surface area contributed by atoms with Crippen LogP contribution in [-0.2, 0) is 0 Å². The molecule has 2 heteroatoms. The van der Waals surface area contributed by atoms with Gasteiger partial charge in [-0.05, 0) is 42.5 Å². The molecule has 0 amide bonds. The van der Waals surface area contributed by atoms with Gasteiger partial charge in [0.05, 0.1) is 4.83 Å². The van der Waals surface area contributed by atoms with E-state index in [1.54, 1.807) is 0 Å². The lowest BCUT2D eigenvalue weighted by Crippen LogP contribution is -1.94. The molecule has 0 aliphatic carbocycles. The van der Waals surface area contributed by atoms with Gasteiger partial charge in [-0.25, -0.2) is 0 Å². The summed E-state index contributed by atoms with van der Waals surface area (Å²) in [4.78, 5) is 1.65. The van der Waals surface area contributed by atoms with E-state index in [4.69, 9.17) is 0 Å². The average molecular weight is 331 g/mol. The molecule has 1 heterocycles. The zero-order valence-corrected chi connectivity index (χ0v) is 13.4. The van der Waals surface area contributed by atoms with E-state index >= 15 is 0 Å². The summed E-state index contributed by atoms with van der Waals surface area (Å²) in [6, 6.07) is 17.5. The lowest BCUT2D eigenvalue weighted by molar-refractivity contribution is 1.17. The third kappa shape index (κ3) is 2.47. The van der Waals surface area contributed by atoms with Gasteiger partial charge >= 0.3 is 0 Å². The molecule has 0 saturated carbocycles. The Hall–Kier alpha value is -1.12. The van der Waals surface area contributed by atoms with E-state index in [1.807, 2.05) is 11.3 Å². The first kappa shape index (κ1) is 12.9. The summed E-state index contributed by atoms with van der Waals surface area (Å²) < 4.78 is 1.35. The van der Waals surface area contributed by atoms with Crippen LogP contribution >= 0.6 is 27.3 Å². The molecule has 0 bridgehead atoms. The molecule has 0 fully saturated rings. The molecule has 1 aromatic heterocycles. The summed E-state index contributed by atoms with van der Waals surface area (Å²) >= 11 is 5.74. The molecule has 96 valence electrons. The van der Waals surface area contributed by atoms with E-state index in [9.17, 15) is 0 Å². The van der Waals surface area contributed by atoms with Crippen LogP contribution < -0.4 is 0 Å². The summed E-state index contributed by atoms with van der Waals surface area (Å²) in [5, 5.41) is 1.33. The van der Waals surface area contributed by atoms with Gasteiger partial charge in [0, 0.05) is 9.58 Å². The normalized spacial score (nSPS) is 12.8. The third-order valence-electron chi connectivity index (χ3n) is 3.40. The van der Waals surface area contributed by atoms with Crippen molar-refractivity contribution in [2.75, 3.05) is 0 Å². The van der Waals surface area contributed by atoms with Crippen molar-refractivity contribution in [3.05, 3.63) is 70.1 Å². The fourth-order valence-corrected chi connectivity index (χ4v) is 4.28. The van der Waals surface area contributed by atoms with Gasteiger partial charge in [0.25, 0.3) is 0 Å². The lowest BCUT2D eigenvalue weighted by Gasteiger charge is -2.12. The second-order valence-corrected chi connectivity index (χ2v) is 6.94. The Kier molecular flexibility index (Phi) is 3.46. The molecule has 3 aromatic rings. The molecular weight excluding hydrogens is 316 g/mol. The smallest absolute Gasteiger partial charge is 0.0741 e. The molecule has 1 unspecified atom stereocenters. The predicted octanol–water partition coefficient (Wildman–Crippen LogP) is 6.00. The van der Waals surface area contributed by atoms with Gasteiger partial charge in [-0.1, -0.05) is 57.9 Å². The summed E-state index contributed by atoms with van der Waals surface area (Å²) in [6.07, 6.45) is 0. The van der Waals surface area contributed by atoms with Crippen molar-refractivity contribution in [3.8, 4) is 0 Å². The maximum atomic E-state index is 3.87. The number of rotatable bonds is 2. The zero-order chi connectivity index (χ0) is 13.4. The molecule has 1 atom stereocenters. The van der Waals surface area contributed by atoms with Crippen molar-refractivity contribution < 1.29 is 0 Å². The Morgan fingerprint density at radius 2 is 1.79 bits per heavy atom. The highest BCUT2D eigenvalue weighted by atomic mass is 79.9. The van der Waals surface area contributed by atoms with Crippen molar-refractivity contribution in [1.29, 1.82) is 0 Å². The number of thiophene rings is 1. The first-order chi connectivity index (χ1) is 9.15. The minimum Gasteiger partial charge on any atom is -0.139 e. The zero-order valence-electron chi connectivity index (χ0n) is 11.0. The van der Waals surface area contributed by atoms with Crippen molar-refractivity contribution in [2.24, 2.45) is 0 Å². The Morgan fingerprint density at radius 1 is 1.00 bits per heavy atom.